The van der Waals surface area contributed by atoms with E-state index in [9.17, 15) is 4.39 Å². The summed E-state index contributed by atoms with van der Waals surface area (Å²) in [5, 5.41) is 3.82. The number of benzene rings is 1. The number of rotatable bonds is 8. The van der Waals surface area contributed by atoms with E-state index in [0.717, 1.165) is 6.54 Å². The number of nitrogens with one attached hydrogen (secondary N) is 1. The normalized spacial score (nSPS) is 11.8. The summed E-state index contributed by atoms with van der Waals surface area (Å²) in [7, 11) is 0. The summed E-state index contributed by atoms with van der Waals surface area (Å²) in [5.74, 6) is -0.233. The van der Waals surface area contributed by atoms with Gasteiger partial charge in [-0.05, 0) is 24.0 Å². The molecule has 1 aromatic rings. The average Bonchev–Trinajstić information content (AvgIpc) is 2.33. The van der Waals surface area contributed by atoms with Crippen molar-refractivity contribution < 1.29 is 4.39 Å². The first-order valence-electron chi connectivity index (χ1n) is 7.10. The molecule has 0 saturated heterocycles. The molecule has 0 spiro atoms. The van der Waals surface area contributed by atoms with Crippen LogP contribution in [0.5, 0.6) is 0 Å². The minimum Gasteiger partial charge on any atom is -0.312 e. The van der Waals surface area contributed by atoms with Crippen molar-refractivity contribution >= 4 is 11.6 Å². The second kappa shape index (κ2) is 7.86. The molecule has 0 unspecified atom stereocenters. The monoisotopic (exact) mass is 285 g/mol. The Morgan fingerprint density at radius 3 is 2.63 bits per heavy atom. The molecule has 0 saturated carbocycles. The van der Waals surface area contributed by atoms with Crippen LogP contribution in [0.1, 0.15) is 52.0 Å². The molecule has 3 heteroatoms. The molecule has 19 heavy (non-hydrogen) atoms. The van der Waals surface area contributed by atoms with Crippen LogP contribution < -0.4 is 5.32 Å². The van der Waals surface area contributed by atoms with Crippen LogP contribution in [-0.4, -0.2) is 6.54 Å². The molecule has 1 aromatic carbocycles. The Balaban J connectivity index is 2.41. The SMILES string of the molecule is CCCCCC(C)(C)CNCc1c(F)cccc1Cl. The van der Waals surface area contributed by atoms with E-state index in [0.29, 0.717) is 17.1 Å². The van der Waals surface area contributed by atoms with Crippen LogP contribution >= 0.6 is 11.6 Å². The van der Waals surface area contributed by atoms with Crippen molar-refractivity contribution in [3.05, 3.63) is 34.6 Å². The molecule has 1 nitrogen and oxygen atoms in total. The predicted octanol–water partition coefficient (Wildman–Crippen LogP) is 5.18. The zero-order chi connectivity index (χ0) is 14.3. The highest BCUT2D eigenvalue weighted by Crippen LogP contribution is 2.23. The van der Waals surface area contributed by atoms with Gasteiger partial charge in [0.2, 0.25) is 0 Å². The standard InChI is InChI=1S/C16H25ClFN/c1-4-5-6-10-16(2,3)12-19-11-13-14(17)8-7-9-15(13)18/h7-9,19H,4-6,10-12H2,1-3H3. The minimum atomic E-state index is -0.233. The molecule has 0 aliphatic carbocycles. The van der Waals surface area contributed by atoms with Gasteiger partial charge in [0.25, 0.3) is 0 Å². The van der Waals surface area contributed by atoms with Gasteiger partial charge in [-0.15, -0.1) is 0 Å². The Kier molecular flexibility index (Phi) is 6.81. The van der Waals surface area contributed by atoms with Crippen LogP contribution in [-0.2, 0) is 6.54 Å². The molecule has 108 valence electrons. The lowest BCUT2D eigenvalue weighted by Gasteiger charge is -2.25. The Bertz CT molecular complexity index is 370. The summed E-state index contributed by atoms with van der Waals surface area (Å²) >= 11 is 6.00. The van der Waals surface area contributed by atoms with Crippen molar-refractivity contribution in [2.75, 3.05) is 6.54 Å². The van der Waals surface area contributed by atoms with Crippen molar-refractivity contribution in [2.45, 2.75) is 53.0 Å². The Morgan fingerprint density at radius 1 is 1.26 bits per heavy atom. The van der Waals surface area contributed by atoms with Crippen molar-refractivity contribution in [2.24, 2.45) is 5.41 Å². The Labute approximate surface area is 121 Å². The van der Waals surface area contributed by atoms with E-state index in [2.05, 4.69) is 26.1 Å². The fourth-order valence-corrected chi connectivity index (χ4v) is 2.40. The first-order valence-corrected chi connectivity index (χ1v) is 7.47. The molecular formula is C16H25ClFN. The molecule has 0 heterocycles. The lowest BCUT2D eigenvalue weighted by Crippen LogP contribution is -2.29. The van der Waals surface area contributed by atoms with Gasteiger partial charge in [0.1, 0.15) is 5.82 Å². The van der Waals surface area contributed by atoms with E-state index in [1.54, 1.807) is 12.1 Å². The molecule has 0 aliphatic rings. The second-order valence-corrected chi connectivity index (χ2v) is 6.33. The number of unbranched alkanes of at least 4 members (excludes halogenated alkanes) is 2. The molecular weight excluding hydrogens is 261 g/mol. The fourth-order valence-electron chi connectivity index (χ4n) is 2.17. The molecule has 0 atom stereocenters. The minimum absolute atomic E-state index is 0.233. The lowest BCUT2D eigenvalue weighted by atomic mass is 9.87. The van der Waals surface area contributed by atoms with E-state index < -0.39 is 0 Å². The molecule has 0 aromatic heterocycles. The van der Waals surface area contributed by atoms with E-state index in [1.165, 1.54) is 31.7 Å². The van der Waals surface area contributed by atoms with Gasteiger partial charge in [0.15, 0.2) is 0 Å². The van der Waals surface area contributed by atoms with Crippen molar-refractivity contribution in [3.63, 3.8) is 0 Å². The van der Waals surface area contributed by atoms with E-state index in [1.807, 2.05) is 0 Å². The van der Waals surface area contributed by atoms with Crippen LogP contribution in [0.3, 0.4) is 0 Å². The van der Waals surface area contributed by atoms with Crippen LogP contribution in [0.15, 0.2) is 18.2 Å². The number of hydrogen-bond acceptors (Lipinski definition) is 1. The molecule has 0 amide bonds. The van der Waals surface area contributed by atoms with E-state index >= 15 is 0 Å². The van der Waals surface area contributed by atoms with Crippen LogP contribution in [0, 0.1) is 11.2 Å². The van der Waals surface area contributed by atoms with Crippen LogP contribution in [0.4, 0.5) is 4.39 Å². The summed E-state index contributed by atoms with van der Waals surface area (Å²) in [4.78, 5) is 0. The van der Waals surface area contributed by atoms with E-state index in [-0.39, 0.29) is 11.2 Å². The van der Waals surface area contributed by atoms with Gasteiger partial charge in [-0.25, -0.2) is 4.39 Å². The summed E-state index contributed by atoms with van der Waals surface area (Å²) in [5.41, 5.74) is 0.806. The number of halogens is 2. The summed E-state index contributed by atoms with van der Waals surface area (Å²) in [6.07, 6.45) is 4.97. The van der Waals surface area contributed by atoms with Gasteiger partial charge >= 0.3 is 0 Å². The van der Waals surface area contributed by atoms with Gasteiger partial charge in [0, 0.05) is 23.7 Å². The van der Waals surface area contributed by atoms with Gasteiger partial charge in [-0.3, -0.25) is 0 Å². The zero-order valence-corrected chi connectivity index (χ0v) is 13.0. The van der Waals surface area contributed by atoms with Crippen LogP contribution in [0.2, 0.25) is 5.02 Å². The molecule has 0 radical (unpaired) electrons. The first-order chi connectivity index (χ1) is 8.96. The highest BCUT2D eigenvalue weighted by atomic mass is 35.5. The van der Waals surface area contributed by atoms with Gasteiger partial charge in [0.05, 0.1) is 0 Å². The van der Waals surface area contributed by atoms with Crippen LogP contribution in [0.25, 0.3) is 0 Å². The van der Waals surface area contributed by atoms with Crippen molar-refractivity contribution in [1.29, 1.82) is 0 Å². The first kappa shape index (κ1) is 16.5. The maximum Gasteiger partial charge on any atom is 0.129 e. The summed E-state index contributed by atoms with van der Waals surface area (Å²) < 4.78 is 13.6. The predicted molar refractivity (Wildman–Crippen MR) is 81.0 cm³/mol. The third-order valence-electron chi connectivity index (χ3n) is 3.42. The third kappa shape index (κ3) is 5.92. The maximum atomic E-state index is 13.6. The average molecular weight is 286 g/mol. The summed E-state index contributed by atoms with van der Waals surface area (Å²) in [6, 6.07) is 4.82. The maximum absolute atomic E-state index is 13.6. The molecule has 0 bridgehead atoms. The Morgan fingerprint density at radius 2 is 2.00 bits per heavy atom. The summed E-state index contributed by atoms with van der Waals surface area (Å²) in [6.45, 7) is 8.08. The smallest absolute Gasteiger partial charge is 0.129 e. The number of hydrogen-bond donors (Lipinski definition) is 1. The second-order valence-electron chi connectivity index (χ2n) is 5.93. The molecule has 1 N–H and O–H groups in total. The lowest BCUT2D eigenvalue weighted by molar-refractivity contribution is 0.301. The third-order valence-corrected chi connectivity index (χ3v) is 3.78. The zero-order valence-electron chi connectivity index (χ0n) is 12.2. The molecule has 0 fully saturated rings. The van der Waals surface area contributed by atoms with E-state index in [4.69, 9.17) is 11.6 Å². The topological polar surface area (TPSA) is 12.0 Å². The highest BCUT2D eigenvalue weighted by Gasteiger charge is 2.17. The van der Waals surface area contributed by atoms with Gasteiger partial charge in [-0.2, -0.15) is 0 Å². The largest absolute Gasteiger partial charge is 0.312 e. The van der Waals surface area contributed by atoms with Crippen molar-refractivity contribution in [3.8, 4) is 0 Å². The molecule has 0 aliphatic heterocycles. The van der Waals surface area contributed by atoms with Crippen molar-refractivity contribution in [1.82, 2.24) is 5.32 Å². The highest BCUT2D eigenvalue weighted by molar-refractivity contribution is 6.31. The van der Waals surface area contributed by atoms with Gasteiger partial charge < -0.3 is 5.32 Å². The van der Waals surface area contributed by atoms with Gasteiger partial charge in [-0.1, -0.05) is 57.7 Å². The molecule has 1 rings (SSSR count). The Hall–Kier alpha value is -0.600. The quantitative estimate of drug-likeness (QED) is 0.649. The fraction of sp³-hybridized carbons (Fsp3) is 0.625.